The standard InChI is InChI=1S/C10H6F4O/c1-5-2-6-3-7(10(12,13)14)4-8(11)9(6)15-5/h2-4H,1H3. The third-order valence-corrected chi connectivity index (χ3v) is 2.02. The van der Waals surface area contributed by atoms with Crippen molar-refractivity contribution in [1.29, 1.82) is 0 Å². The molecule has 0 saturated heterocycles. The van der Waals surface area contributed by atoms with Gasteiger partial charge in [-0.15, -0.1) is 0 Å². The van der Waals surface area contributed by atoms with E-state index in [0.717, 1.165) is 6.07 Å². The molecule has 1 aromatic carbocycles. The van der Waals surface area contributed by atoms with Gasteiger partial charge in [-0.3, -0.25) is 0 Å². The molecule has 0 atom stereocenters. The van der Waals surface area contributed by atoms with Gasteiger partial charge < -0.3 is 4.42 Å². The molecule has 0 fully saturated rings. The quantitative estimate of drug-likeness (QED) is 0.611. The van der Waals surface area contributed by atoms with Crippen LogP contribution in [0.5, 0.6) is 0 Å². The van der Waals surface area contributed by atoms with Gasteiger partial charge in [0.15, 0.2) is 11.4 Å². The first-order chi connectivity index (χ1) is 6.88. The molecule has 0 N–H and O–H groups in total. The van der Waals surface area contributed by atoms with E-state index in [0.29, 0.717) is 11.8 Å². The summed E-state index contributed by atoms with van der Waals surface area (Å²) in [4.78, 5) is 0. The predicted octanol–water partition coefficient (Wildman–Crippen LogP) is 3.90. The van der Waals surface area contributed by atoms with E-state index in [1.54, 1.807) is 6.92 Å². The average Bonchev–Trinajstić information content (AvgIpc) is 2.44. The molecule has 0 aliphatic heterocycles. The topological polar surface area (TPSA) is 13.1 Å². The molecule has 80 valence electrons. The Morgan fingerprint density at radius 2 is 1.80 bits per heavy atom. The smallest absolute Gasteiger partial charge is 0.416 e. The Kier molecular flexibility index (Phi) is 1.99. The van der Waals surface area contributed by atoms with Gasteiger partial charge in [-0.05, 0) is 25.1 Å². The first-order valence-electron chi connectivity index (χ1n) is 4.15. The number of fused-ring (bicyclic) bond motifs is 1. The number of halogens is 4. The van der Waals surface area contributed by atoms with Crippen LogP contribution in [-0.2, 0) is 6.18 Å². The Hall–Kier alpha value is -1.52. The van der Waals surface area contributed by atoms with Gasteiger partial charge in [-0.1, -0.05) is 0 Å². The largest absolute Gasteiger partial charge is 0.458 e. The second-order valence-corrected chi connectivity index (χ2v) is 3.23. The highest BCUT2D eigenvalue weighted by Crippen LogP contribution is 2.33. The highest BCUT2D eigenvalue weighted by Gasteiger charge is 2.32. The van der Waals surface area contributed by atoms with Crippen molar-refractivity contribution in [3.05, 3.63) is 35.3 Å². The molecule has 1 nitrogen and oxygen atoms in total. The summed E-state index contributed by atoms with van der Waals surface area (Å²) in [5.74, 6) is -0.615. The van der Waals surface area contributed by atoms with Crippen molar-refractivity contribution in [3.8, 4) is 0 Å². The van der Waals surface area contributed by atoms with Gasteiger partial charge in [-0.25, -0.2) is 4.39 Å². The number of hydrogen-bond donors (Lipinski definition) is 0. The number of benzene rings is 1. The van der Waals surface area contributed by atoms with Gasteiger partial charge in [0.05, 0.1) is 5.56 Å². The molecule has 0 aliphatic carbocycles. The van der Waals surface area contributed by atoms with Gasteiger partial charge in [0.1, 0.15) is 5.76 Å². The van der Waals surface area contributed by atoms with Gasteiger partial charge in [-0.2, -0.15) is 13.2 Å². The molecular weight excluding hydrogens is 212 g/mol. The Morgan fingerprint density at radius 1 is 1.13 bits per heavy atom. The van der Waals surface area contributed by atoms with Gasteiger partial charge >= 0.3 is 6.18 Å². The van der Waals surface area contributed by atoms with Crippen molar-refractivity contribution in [2.75, 3.05) is 0 Å². The van der Waals surface area contributed by atoms with Crippen molar-refractivity contribution >= 4 is 11.0 Å². The van der Waals surface area contributed by atoms with E-state index in [1.165, 1.54) is 6.07 Å². The minimum absolute atomic E-state index is 0.125. The molecule has 2 rings (SSSR count). The van der Waals surface area contributed by atoms with E-state index in [4.69, 9.17) is 4.42 Å². The monoisotopic (exact) mass is 218 g/mol. The van der Waals surface area contributed by atoms with E-state index in [9.17, 15) is 17.6 Å². The summed E-state index contributed by atoms with van der Waals surface area (Å²) >= 11 is 0. The summed E-state index contributed by atoms with van der Waals surface area (Å²) in [6.07, 6.45) is -4.54. The Labute approximate surface area is 82.3 Å². The van der Waals surface area contributed by atoms with E-state index in [-0.39, 0.29) is 11.0 Å². The van der Waals surface area contributed by atoms with E-state index >= 15 is 0 Å². The summed E-state index contributed by atoms with van der Waals surface area (Å²) in [5, 5.41) is 0.125. The summed E-state index contributed by atoms with van der Waals surface area (Å²) < 4.78 is 55.0. The number of alkyl halides is 3. The molecule has 0 amide bonds. The highest BCUT2D eigenvalue weighted by molar-refractivity contribution is 5.79. The number of hydrogen-bond acceptors (Lipinski definition) is 1. The molecule has 0 bridgehead atoms. The van der Waals surface area contributed by atoms with Crippen LogP contribution in [0.25, 0.3) is 11.0 Å². The second kappa shape index (κ2) is 2.98. The lowest BCUT2D eigenvalue weighted by molar-refractivity contribution is -0.137. The minimum Gasteiger partial charge on any atom is -0.458 e. The zero-order chi connectivity index (χ0) is 11.2. The first kappa shape index (κ1) is 10.0. The van der Waals surface area contributed by atoms with Crippen molar-refractivity contribution in [1.82, 2.24) is 0 Å². The summed E-state index contributed by atoms with van der Waals surface area (Å²) in [6, 6.07) is 2.67. The lowest BCUT2D eigenvalue weighted by Crippen LogP contribution is -2.04. The first-order valence-corrected chi connectivity index (χ1v) is 4.15. The number of rotatable bonds is 0. The number of aryl methyl sites for hydroxylation is 1. The van der Waals surface area contributed by atoms with Crippen LogP contribution in [0.3, 0.4) is 0 Å². The zero-order valence-electron chi connectivity index (χ0n) is 7.65. The molecule has 1 aromatic heterocycles. The van der Waals surface area contributed by atoms with E-state index in [2.05, 4.69) is 0 Å². The Morgan fingerprint density at radius 3 is 2.40 bits per heavy atom. The molecule has 0 spiro atoms. The molecule has 0 radical (unpaired) electrons. The molecule has 1 heterocycles. The predicted molar refractivity (Wildman–Crippen MR) is 45.9 cm³/mol. The van der Waals surface area contributed by atoms with Gasteiger partial charge in [0.2, 0.25) is 0 Å². The van der Waals surface area contributed by atoms with Crippen LogP contribution in [0.2, 0.25) is 0 Å². The van der Waals surface area contributed by atoms with Crippen LogP contribution in [-0.4, -0.2) is 0 Å². The summed E-state index contributed by atoms with van der Waals surface area (Å²) in [7, 11) is 0. The summed E-state index contributed by atoms with van der Waals surface area (Å²) in [6.45, 7) is 1.55. The van der Waals surface area contributed by atoms with Crippen molar-refractivity contribution in [2.24, 2.45) is 0 Å². The second-order valence-electron chi connectivity index (χ2n) is 3.23. The van der Waals surface area contributed by atoms with Crippen molar-refractivity contribution < 1.29 is 22.0 Å². The van der Waals surface area contributed by atoms with E-state index < -0.39 is 17.6 Å². The minimum atomic E-state index is -4.54. The molecule has 0 aliphatic rings. The van der Waals surface area contributed by atoms with E-state index in [1.807, 2.05) is 0 Å². The van der Waals surface area contributed by atoms with Crippen LogP contribution in [0.4, 0.5) is 17.6 Å². The van der Waals surface area contributed by atoms with Gasteiger partial charge in [0, 0.05) is 5.39 Å². The Bertz CT molecular complexity index is 510. The van der Waals surface area contributed by atoms with Crippen LogP contribution in [0.15, 0.2) is 22.6 Å². The molecule has 0 unspecified atom stereocenters. The van der Waals surface area contributed by atoms with Crippen LogP contribution in [0, 0.1) is 12.7 Å². The normalized spacial score (nSPS) is 12.3. The van der Waals surface area contributed by atoms with Crippen molar-refractivity contribution in [2.45, 2.75) is 13.1 Å². The van der Waals surface area contributed by atoms with Crippen LogP contribution < -0.4 is 0 Å². The maximum Gasteiger partial charge on any atom is 0.416 e. The molecule has 15 heavy (non-hydrogen) atoms. The lowest BCUT2D eigenvalue weighted by atomic mass is 10.1. The third kappa shape index (κ3) is 1.69. The fourth-order valence-corrected chi connectivity index (χ4v) is 1.40. The SMILES string of the molecule is Cc1cc2cc(C(F)(F)F)cc(F)c2o1. The molecule has 5 heteroatoms. The van der Waals surface area contributed by atoms with Crippen LogP contribution >= 0.6 is 0 Å². The van der Waals surface area contributed by atoms with Crippen LogP contribution in [0.1, 0.15) is 11.3 Å². The third-order valence-electron chi connectivity index (χ3n) is 2.02. The lowest BCUT2D eigenvalue weighted by Gasteiger charge is -2.06. The molecule has 2 aromatic rings. The average molecular weight is 218 g/mol. The Balaban J connectivity index is 2.72. The van der Waals surface area contributed by atoms with Crippen molar-refractivity contribution in [3.63, 3.8) is 0 Å². The maximum atomic E-state index is 13.2. The molecule has 0 saturated carbocycles. The zero-order valence-corrected chi connectivity index (χ0v) is 7.65. The highest BCUT2D eigenvalue weighted by atomic mass is 19.4. The molecular formula is C10H6F4O. The fourth-order valence-electron chi connectivity index (χ4n) is 1.40. The van der Waals surface area contributed by atoms with Gasteiger partial charge in [0.25, 0.3) is 0 Å². The number of furan rings is 1. The summed E-state index contributed by atoms with van der Waals surface area (Å²) in [5.41, 5.74) is -1.14. The fraction of sp³-hybridized carbons (Fsp3) is 0.200. The maximum absolute atomic E-state index is 13.2.